The van der Waals surface area contributed by atoms with Crippen molar-refractivity contribution >= 4 is 28.5 Å². The van der Waals surface area contributed by atoms with Gasteiger partial charge in [0.2, 0.25) is 0 Å². The van der Waals surface area contributed by atoms with E-state index in [1.54, 1.807) is 11.0 Å². The maximum Gasteiger partial charge on any atom is 0.422 e. The van der Waals surface area contributed by atoms with E-state index in [9.17, 15) is 18.0 Å². The van der Waals surface area contributed by atoms with E-state index in [2.05, 4.69) is 6.92 Å². The first-order valence-corrected chi connectivity index (χ1v) is 8.12. The van der Waals surface area contributed by atoms with Crippen molar-refractivity contribution in [1.82, 2.24) is 4.90 Å². The third-order valence-corrected chi connectivity index (χ3v) is 4.36. The number of rotatable bonds is 3. The highest BCUT2D eigenvalue weighted by Gasteiger charge is 2.29. The lowest BCUT2D eigenvalue weighted by atomic mass is 9.99. The Bertz CT molecular complexity index is 548. The molecule has 0 saturated carbocycles. The molecule has 1 aliphatic heterocycles. The monoisotopic (exact) mass is 427 g/mol. The molecule has 1 aromatic carbocycles. The van der Waals surface area contributed by atoms with Crippen LogP contribution in [-0.2, 0) is 0 Å². The number of ether oxygens (including phenoxy) is 1. The molecule has 1 unspecified atom stereocenters. The average Bonchev–Trinajstić information content (AvgIpc) is 2.44. The normalized spacial score (nSPS) is 19.1. The first-order chi connectivity index (χ1) is 10.3. The highest BCUT2D eigenvalue weighted by Crippen LogP contribution is 2.26. The molecule has 0 radical (unpaired) electrons. The molecule has 3 nitrogen and oxygen atoms in total. The highest BCUT2D eigenvalue weighted by molar-refractivity contribution is 14.1. The number of carbonyl (C=O) groups is 1. The molecule has 1 aromatic rings. The summed E-state index contributed by atoms with van der Waals surface area (Å²) in [7, 11) is 0. The third kappa shape index (κ3) is 4.76. The fourth-order valence-electron chi connectivity index (χ4n) is 2.47. The van der Waals surface area contributed by atoms with Crippen LogP contribution in [0.2, 0.25) is 0 Å². The molecule has 0 aromatic heterocycles. The number of nitrogens with zero attached hydrogens (tertiary/aromatic N) is 1. The van der Waals surface area contributed by atoms with Gasteiger partial charge in [0.15, 0.2) is 6.61 Å². The smallest absolute Gasteiger partial charge is 0.422 e. The van der Waals surface area contributed by atoms with Gasteiger partial charge < -0.3 is 9.64 Å². The average molecular weight is 427 g/mol. The SMILES string of the molecule is CC1CCCN(C(=O)c2ccc(OCC(F)(F)F)c(I)c2)C1. The number of hydrogen-bond acceptors (Lipinski definition) is 2. The van der Waals surface area contributed by atoms with Crippen molar-refractivity contribution in [3.05, 3.63) is 27.3 Å². The van der Waals surface area contributed by atoms with E-state index in [1.807, 2.05) is 22.6 Å². The summed E-state index contributed by atoms with van der Waals surface area (Å²) in [4.78, 5) is 14.2. The summed E-state index contributed by atoms with van der Waals surface area (Å²) in [6, 6.07) is 4.53. The van der Waals surface area contributed by atoms with E-state index in [0.717, 1.165) is 25.9 Å². The fraction of sp³-hybridized carbons (Fsp3) is 0.533. The van der Waals surface area contributed by atoms with Crippen LogP contribution in [-0.4, -0.2) is 36.7 Å². The minimum Gasteiger partial charge on any atom is -0.483 e. The lowest BCUT2D eigenvalue weighted by Crippen LogP contribution is -2.39. The number of halogens is 4. The summed E-state index contributed by atoms with van der Waals surface area (Å²) in [5, 5.41) is 0. The summed E-state index contributed by atoms with van der Waals surface area (Å²) in [5.74, 6) is 0.541. The topological polar surface area (TPSA) is 29.5 Å². The van der Waals surface area contributed by atoms with Crippen molar-refractivity contribution in [2.24, 2.45) is 5.92 Å². The van der Waals surface area contributed by atoms with Gasteiger partial charge in [-0.2, -0.15) is 13.2 Å². The van der Waals surface area contributed by atoms with E-state index >= 15 is 0 Å². The highest BCUT2D eigenvalue weighted by atomic mass is 127. The second kappa shape index (κ2) is 7.06. The van der Waals surface area contributed by atoms with Gasteiger partial charge in [-0.15, -0.1) is 0 Å². The van der Waals surface area contributed by atoms with Gasteiger partial charge in [-0.05, 0) is 59.5 Å². The summed E-state index contributed by atoms with van der Waals surface area (Å²) in [6.07, 6.45) is -2.27. The molecule has 22 heavy (non-hydrogen) atoms. The Morgan fingerprint density at radius 2 is 2.18 bits per heavy atom. The zero-order chi connectivity index (χ0) is 16.3. The van der Waals surface area contributed by atoms with E-state index in [-0.39, 0.29) is 11.7 Å². The summed E-state index contributed by atoms with van der Waals surface area (Å²) in [5.41, 5.74) is 0.484. The Labute approximate surface area is 141 Å². The van der Waals surface area contributed by atoms with Crippen LogP contribution >= 0.6 is 22.6 Å². The van der Waals surface area contributed by atoms with Gasteiger partial charge in [0.1, 0.15) is 5.75 Å². The van der Waals surface area contributed by atoms with Gasteiger partial charge in [-0.25, -0.2) is 0 Å². The zero-order valence-electron chi connectivity index (χ0n) is 12.1. The van der Waals surface area contributed by atoms with Crippen molar-refractivity contribution < 1.29 is 22.7 Å². The van der Waals surface area contributed by atoms with Gasteiger partial charge in [0.25, 0.3) is 5.91 Å². The van der Waals surface area contributed by atoms with E-state index in [1.165, 1.54) is 12.1 Å². The maximum atomic E-state index is 12.4. The summed E-state index contributed by atoms with van der Waals surface area (Å²) >= 11 is 1.88. The fourth-order valence-corrected chi connectivity index (χ4v) is 3.14. The number of amides is 1. The number of hydrogen-bond donors (Lipinski definition) is 0. The molecule has 1 atom stereocenters. The minimum absolute atomic E-state index is 0.0770. The van der Waals surface area contributed by atoms with Crippen molar-refractivity contribution in [3.8, 4) is 5.75 Å². The van der Waals surface area contributed by atoms with Crippen LogP contribution in [0.1, 0.15) is 30.1 Å². The van der Waals surface area contributed by atoms with Crippen molar-refractivity contribution in [2.75, 3.05) is 19.7 Å². The lowest BCUT2D eigenvalue weighted by molar-refractivity contribution is -0.153. The van der Waals surface area contributed by atoms with Crippen LogP contribution in [0.25, 0.3) is 0 Å². The zero-order valence-corrected chi connectivity index (χ0v) is 14.3. The van der Waals surface area contributed by atoms with Crippen LogP contribution in [0.15, 0.2) is 18.2 Å². The largest absolute Gasteiger partial charge is 0.483 e. The van der Waals surface area contributed by atoms with Gasteiger partial charge in [-0.1, -0.05) is 6.92 Å². The second-order valence-corrected chi connectivity index (χ2v) is 6.71. The van der Waals surface area contributed by atoms with E-state index in [0.29, 0.717) is 15.1 Å². The molecule has 0 bridgehead atoms. The first-order valence-electron chi connectivity index (χ1n) is 7.04. The van der Waals surface area contributed by atoms with Crippen LogP contribution < -0.4 is 4.74 Å². The van der Waals surface area contributed by atoms with Crippen molar-refractivity contribution in [3.63, 3.8) is 0 Å². The van der Waals surface area contributed by atoms with Crippen LogP contribution in [0, 0.1) is 9.49 Å². The number of piperidine rings is 1. The first kappa shape index (κ1) is 17.4. The molecule has 1 saturated heterocycles. The van der Waals surface area contributed by atoms with Crippen LogP contribution in [0.5, 0.6) is 5.75 Å². The van der Waals surface area contributed by atoms with Crippen LogP contribution in [0.3, 0.4) is 0 Å². The predicted molar refractivity (Wildman–Crippen MR) is 85.0 cm³/mol. The molecule has 0 spiro atoms. The molecule has 2 rings (SSSR count). The van der Waals surface area contributed by atoms with Gasteiger partial charge in [0.05, 0.1) is 3.57 Å². The Balaban J connectivity index is 2.06. The number of carbonyl (C=O) groups excluding carboxylic acids is 1. The molecular weight excluding hydrogens is 410 g/mol. The number of likely N-dealkylation sites (tertiary alicyclic amines) is 1. The van der Waals surface area contributed by atoms with Crippen LogP contribution in [0.4, 0.5) is 13.2 Å². The molecule has 122 valence electrons. The molecule has 0 N–H and O–H groups in total. The quantitative estimate of drug-likeness (QED) is 0.680. The number of benzene rings is 1. The van der Waals surface area contributed by atoms with E-state index < -0.39 is 12.8 Å². The maximum absolute atomic E-state index is 12.4. The molecule has 1 aliphatic rings. The third-order valence-electron chi connectivity index (χ3n) is 3.51. The molecule has 1 fully saturated rings. The van der Waals surface area contributed by atoms with E-state index in [4.69, 9.17) is 4.74 Å². The van der Waals surface area contributed by atoms with Gasteiger partial charge in [0, 0.05) is 18.7 Å². The predicted octanol–water partition coefficient (Wildman–Crippen LogP) is 4.10. The summed E-state index contributed by atoms with van der Waals surface area (Å²) < 4.78 is 41.8. The lowest BCUT2D eigenvalue weighted by Gasteiger charge is -2.31. The van der Waals surface area contributed by atoms with Crippen molar-refractivity contribution in [1.29, 1.82) is 0 Å². The molecule has 1 amide bonds. The number of alkyl halides is 3. The molecule has 7 heteroatoms. The Morgan fingerprint density at radius 3 is 2.77 bits per heavy atom. The summed E-state index contributed by atoms with van der Waals surface area (Å²) in [6.45, 7) is 2.23. The Kier molecular flexibility index (Phi) is 5.57. The van der Waals surface area contributed by atoms with Crippen molar-refractivity contribution in [2.45, 2.75) is 25.9 Å². The standard InChI is InChI=1S/C15H17F3INO2/c1-10-3-2-6-20(8-10)14(21)11-4-5-13(12(19)7-11)22-9-15(16,17)18/h4-5,7,10H,2-3,6,8-9H2,1H3. The second-order valence-electron chi connectivity index (χ2n) is 5.55. The van der Waals surface area contributed by atoms with Gasteiger partial charge in [-0.3, -0.25) is 4.79 Å². The Hall–Kier alpha value is -0.990. The Morgan fingerprint density at radius 1 is 1.45 bits per heavy atom. The minimum atomic E-state index is -4.37. The van der Waals surface area contributed by atoms with Gasteiger partial charge >= 0.3 is 6.18 Å². The molecule has 0 aliphatic carbocycles. The molecule has 1 heterocycles. The molecular formula is C15H17F3INO2.